The van der Waals surface area contributed by atoms with Crippen molar-refractivity contribution < 1.29 is 4.42 Å². The van der Waals surface area contributed by atoms with Gasteiger partial charge in [-0.15, -0.1) is 0 Å². The molecule has 4 heteroatoms. The third-order valence-electron chi connectivity index (χ3n) is 4.34. The molecule has 1 aliphatic rings. The highest BCUT2D eigenvalue weighted by Crippen LogP contribution is 2.43. The van der Waals surface area contributed by atoms with Crippen LogP contribution < -0.4 is 5.32 Å². The Hall–Kier alpha value is -0.320. The first-order chi connectivity index (χ1) is 8.62. The number of hydrogen-bond donors (Lipinski definition) is 1. The summed E-state index contributed by atoms with van der Waals surface area (Å²) < 4.78 is 6.77. The molecular formula is C14H23BrN2O. The van der Waals surface area contributed by atoms with E-state index in [-0.39, 0.29) is 11.6 Å². The summed E-state index contributed by atoms with van der Waals surface area (Å²) in [5, 5.41) is 3.47. The average molecular weight is 315 g/mol. The number of nitrogens with one attached hydrogen (secondary N) is 1. The summed E-state index contributed by atoms with van der Waals surface area (Å²) in [6.45, 7) is 0. The van der Waals surface area contributed by atoms with Gasteiger partial charge in [-0.3, -0.25) is 0 Å². The number of hydrogen-bond acceptors (Lipinski definition) is 3. The van der Waals surface area contributed by atoms with E-state index in [0.717, 1.165) is 10.2 Å². The zero-order chi connectivity index (χ0) is 13.2. The smallest absolute Gasteiger partial charge is 0.136 e. The Morgan fingerprint density at radius 3 is 2.44 bits per heavy atom. The molecule has 1 N–H and O–H groups in total. The normalized spacial score (nSPS) is 21.2. The van der Waals surface area contributed by atoms with Gasteiger partial charge in [0.05, 0.1) is 16.8 Å². The maximum absolute atomic E-state index is 5.71. The van der Waals surface area contributed by atoms with Crippen molar-refractivity contribution in [3.63, 3.8) is 0 Å². The molecule has 1 aromatic rings. The van der Waals surface area contributed by atoms with Crippen molar-refractivity contribution in [2.45, 2.75) is 43.7 Å². The van der Waals surface area contributed by atoms with Crippen LogP contribution >= 0.6 is 15.9 Å². The molecule has 1 aromatic heterocycles. The predicted octanol–water partition coefficient (Wildman–Crippen LogP) is 3.57. The van der Waals surface area contributed by atoms with Gasteiger partial charge in [0.25, 0.3) is 0 Å². The van der Waals surface area contributed by atoms with E-state index in [1.165, 1.54) is 32.1 Å². The second-order valence-corrected chi connectivity index (χ2v) is 6.27. The molecule has 1 aliphatic carbocycles. The minimum absolute atomic E-state index is 0.160. The van der Waals surface area contributed by atoms with E-state index in [1.54, 1.807) is 6.26 Å². The van der Waals surface area contributed by atoms with E-state index in [4.69, 9.17) is 4.42 Å². The highest BCUT2D eigenvalue weighted by Gasteiger charge is 2.43. The van der Waals surface area contributed by atoms with Crippen LogP contribution in [0.5, 0.6) is 0 Å². The van der Waals surface area contributed by atoms with E-state index in [1.807, 2.05) is 13.1 Å². The second-order valence-electron chi connectivity index (χ2n) is 5.41. The molecule has 1 unspecified atom stereocenters. The first-order valence-corrected chi connectivity index (χ1v) is 7.48. The number of halogens is 1. The van der Waals surface area contributed by atoms with Gasteiger partial charge in [0.2, 0.25) is 0 Å². The molecule has 102 valence electrons. The minimum Gasteiger partial charge on any atom is -0.466 e. The van der Waals surface area contributed by atoms with Gasteiger partial charge in [-0.05, 0) is 56.0 Å². The van der Waals surface area contributed by atoms with Gasteiger partial charge in [-0.1, -0.05) is 19.3 Å². The van der Waals surface area contributed by atoms with Crippen LogP contribution in [0.4, 0.5) is 0 Å². The molecule has 1 saturated carbocycles. The molecule has 0 bridgehead atoms. The Labute approximate surface area is 118 Å². The third-order valence-corrected chi connectivity index (χ3v) is 5.00. The zero-order valence-corrected chi connectivity index (χ0v) is 13.1. The lowest BCUT2D eigenvalue weighted by Crippen LogP contribution is -2.54. The molecule has 0 aromatic carbocycles. The molecule has 2 rings (SSSR count). The average Bonchev–Trinajstić information content (AvgIpc) is 2.78. The molecular weight excluding hydrogens is 292 g/mol. The van der Waals surface area contributed by atoms with Gasteiger partial charge in [-0.25, -0.2) is 0 Å². The van der Waals surface area contributed by atoms with Crippen molar-refractivity contribution in [3.05, 3.63) is 22.6 Å². The highest BCUT2D eigenvalue weighted by atomic mass is 79.9. The lowest BCUT2D eigenvalue weighted by Gasteiger charge is -2.47. The Kier molecular flexibility index (Phi) is 4.51. The number of nitrogens with zero attached hydrogens (tertiary/aromatic N) is 1. The van der Waals surface area contributed by atoms with Gasteiger partial charge < -0.3 is 14.6 Å². The molecule has 0 aliphatic heterocycles. The molecule has 0 amide bonds. The monoisotopic (exact) mass is 314 g/mol. The molecule has 0 saturated heterocycles. The van der Waals surface area contributed by atoms with Crippen molar-refractivity contribution in [2.75, 3.05) is 21.1 Å². The Bertz CT molecular complexity index is 383. The minimum atomic E-state index is 0.160. The van der Waals surface area contributed by atoms with Crippen LogP contribution in [-0.2, 0) is 0 Å². The quantitative estimate of drug-likeness (QED) is 0.921. The summed E-state index contributed by atoms with van der Waals surface area (Å²) in [7, 11) is 6.40. The van der Waals surface area contributed by atoms with Crippen LogP contribution in [0.2, 0.25) is 0 Å². The van der Waals surface area contributed by atoms with Gasteiger partial charge in [-0.2, -0.15) is 0 Å². The molecule has 18 heavy (non-hydrogen) atoms. The Morgan fingerprint density at radius 1 is 1.33 bits per heavy atom. The van der Waals surface area contributed by atoms with Crippen LogP contribution in [0.15, 0.2) is 21.2 Å². The topological polar surface area (TPSA) is 28.4 Å². The van der Waals surface area contributed by atoms with Crippen LogP contribution in [-0.4, -0.2) is 31.6 Å². The largest absolute Gasteiger partial charge is 0.466 e. The fourth-order valence-corrected chi connectivity index (χ4v) is 3.74. The summed E-state index contributed by atoms with van der Waals surface area (Å²) >= 11 is 3.60. The lowest BCUT2D eigenvalue weighted by atomic mass is 9.74. The second kappa shape index (κ2) is 5.76. The van der Waals surface area contributed by atoms with Gasteiger partial charge in [0.15, 0.2) is 0 Å². The Balaban J connectivity index is 2.36. The molecule has 0 spiro atoms. The van der Waals surface area contributed by atoms with Crippen molar-refractivity contribution in [3.8, 4) is 0 Å². The summed E-state index contributed by atoms with van der Waals surface area (Å²) in [5.74, 6) is 1.02. The lowest BCUT2D eigenvalue weighted by molar-refractivity contribution is 0.0507. The third kappa shape index (κ3) is 2.38. The summed E-state index contributed by atoms with van der Waals surface area (Å²) in [6, 6.07) is 2.21. The van der Waals surface area contributed by atoms with Crippen molar-refractivity contribution >= 4 is 15.9 Å². The number of rotatable bonds is 4. The summed E-state index contributed by atoms with van der Waals surface area (Å²) in [5.41, 5.74) is 0.160. The SMILES string of the molecule is CNC(c1occc1Br)C1(N(C)C)CCCCC1. The van der Waals surface area contributed by atoms with Crippen LogP contribution in [0, 0.1) is 0 Å². The van der Waals surface area contributed by atoms with Crippen molar-refractivity contribution in [1.29, 1.82) is 0 Å². The zero-order valence-electron chi connectivity index (χ0n) is 11.5. The van der Waals surface area contributed by atoms with Crippen LogP contribution in [0.3, 0.4) is 0 Å². The van der Waals surface area contributed by atoms with E-state index >= 15 is 0 Å². The van der Waals surface area contributed by atoms with Crippen LogP contribution in [0.25, 0.3) is 0 Å². The molecule has 0 radical (unpaired) electrons. The first kappa shape index (κ1) is 14.1. The van der Waals surface area contributed by atoms with Crippen molar-refractivity contribution in [2.24, 2.45) is 0 Å². The number of furan rings is 1. The predicted molar refractivity (Wildman–Crippen MR) is 77.7 cm³/mol. The Morgan fingerprint density at radius 2 is 2.00 bits per heavy atom. The summed E-state index contributed by atoms with van der Waals surface area (Å²) in [4.78, 5) is 2.38. The maximum atomic E-state index is 5.71. The molecule has 1 atom stereocenters. The van der Waals surface area contributed by atoms with E-state index < -0.39 is 0 Å². The molecule has 1 heterocycles. The fraction of sp³-hybridized carbons (Fsp3) is 0.714. The molecule has 1 fully saturated rings. The molecule has 3 nitrogen and oxygen atoms in total. The fourth-order valence-electron chi connectivity index (χ4n) is 3.31. The standard InChI is InChI=1S/C14H23BrN2O/c1-16-13(12-11(15)7-10-18-12)14(17(2)3)8-5-4-6-9-14/h7,10,13,16H,4-6,8-9H2,1-3H3. The van der Waals surface area contributed by atoms with E-state index in [2.05, 4.69) is 40.2 Å². The van der Waals surface area contributed by atoms with E-state index in [9.17, 15) is 0 Å². The number of likely N-dealkylation sites (N-methyl/N-ethyl adjacent to an activating group) is 2. The summed E-state index contributed by atoms with van der Waals surface area (Å²) in [6.07, 6.45) is 8.15. The van der Waals surface area contributed by atoms with Crippen molar-refractivity contribution in [1.82, 2.24) is 10.2 Å². The van der Waals surface area contributed by atoms with Crippen LogP contribution in [0.1, 0.15) is 43.9 Å². The van der Waals surface area contributed by atoms with Gasteiger partial charge in [0, 0.05) is 5.54 Å². The van der Waals surface area contributed by atoms with E-state index in [0.29, 0.717) is 0 Å². The maximum Gasteiger partial charge on any atom is 0.136 e. The highest BCUT2D eigenvalue weighted by molar-refractivity contribution is 9.10. The van der Waals surface area contributed by atoms with Gasteiger partial charge in [0.1, 0.15) is 5.76 Å². The first-order valence-electron chi connectivity index (χ1n) is 6.69. The van der Waals surface area contributed by atoms with Gasteiger partial charge >= 0.3 is 0 Å².